The third-order valence-electron chi connectivity index (χ3n) is 4.47. The van der Waals surface area contributed by atoms with E-state index < -0.39 is 0 Å². The molecule has 25 heavy (non-hydrogen) atoms. The average molecular weight is 420 g/mol. The summed E-state index contributed by atoms with van der Waals surface area (Å²) in [5, 5.41) is 0. The van der Waals surface area contributed by atoms with Crippen LogP contribution in [-0.4, -0.2) is 37.1 Å². The molecule has 0 saturated carbocycles. The SMILES string of the molecule is Br.C=CC(=O)OCCN(CCCCCCCC)CCCCCCCC. The zero-order valence-electron chi connectivity index (χ0n) is 16.8. The van der Waals surface area contributed by atoms with Crippen molar-refractivity contribution in [3.63, 3.8) is 0 Å². The van der Waals surface area contributed by atoms with Gasteiger partial charge in [-0.25, -0.2) is 4.79 Å². The molecule has 0 aliphatic carbocycles. The van der Waals surface area contributed by atoms with E-state index in [-0.39, 0.29) is 23.0 Å². The number of ether oxygens (including phenoxy) is 1. The van der Waals surface area contributed by atoms with E-state index in [1.807, 2.05) is 0 Å². The standard InChI is InChI=1S/C21H41NO2.BrH/c1-4-7-9-11-13-15-17-22(19-20-24-21(23)6-3)18-16-14-12-10-8-5-2;/h6H,3-5,7-20H2,1-2H3;1H. The molecule has 0 aromatic heterocycles. The summed E-state index contributed by atoms with van der Waals surface area (Å²) >= 11 is 0. The number of esters is 1. The van der Waals surface area contributed by atoms with Crippen LogP contribution < -0.4 is 0 Å². The highest BCUT2D eigenvalue weighted by Gasteiger charge is 2.06. The first-order chi connectivity index (χ1) is 11.7. The van der Waals surface area contributed by atoms with Crippen LogP contribution in [0.4, 0.5) is 0 Å². The van der Waals surface area contributed by atoms with Crippen LogP contribution in [0.2, 0.25) is 0 Å². The van der Waals surface area contributed by atoms with Crippen LogP contribution in [0.5, 0.6) is 0 Å². The maximum atomic E-state index is 11.2. The van der Waals surface area contributed by atoms with E-state index in [9.17, 15) is 4.79 Å². The molecule has 3 nitrogen and oxygen atoms in total. The quantitative estimate of drug-likeness (QED) is 0.148. The van der Waals surface area contributed by atoms with Gasteiger partial charge in [0.05, 0.1) is 0 Å². The predicted octanol–water partition coefficient (Wildman–Crippen LogP) is 6.32. The molecule has 0 fully saturated rings. The molecule has 0 radical (unpaired) electrons. The molecule has 0 aliphatic rings. The van der Waals surface area contributed by atoms with Gasteiger partial charge in [0.15, 0.2) is 0 Å². The first-order valence-corrected chi connectivity index (χ1v) is 10.3. The van der Waals surface area contributed by atoms with Crippen molar-refractivity contribution < 1.29 is 9.53 Å². The number of halogens is 1. The van der Waals surface area contributed by atoms with Gasteiger partial charge in [0.2, 0.25) is 0 Å². The molecule has 150 valence electrons. The zero-order valence-corrected chi connectivity index (χ0v) is 18.5. The molecular weight excluding hydrogens is 378 g/mol. The fourth-order valence-electron chi connectivity index (χ4n) is 2.90. The van der Waals surface area contributed by atoms with Crippen LogP contribution in [0.15, 0.2) is 12.7 Å². The molecule has 0 saturated heterocycles. The van der Waals surface area contributed by atoms with Crippen LogP contribution >= 0.6 is 17.0 Å². The van der Waals surface area contributed by atoms with Crippen molar-refractivity contribution >= 4 is 23.0 Å². The van der Waals surface area contributed by atoms with Crippen molar-refractivity contribution in [1.29, 1.82) is 0 Å². The van der Waals surface area contributed by atoms with E-state index in [0.717, 1.165) is 19.6 Å². The number of carbonyl (C=O) groups is 1. The van der Waals surface area contributed by atoms with E-state index in [4.69, 9.17) is 4.74 Å². The largest absolute Gasteiger partial charge is 0.461 e. The Morgan fingerprint density at radius 1 is 0.800 bits per heavy atom. The van der Waals surface area contributed by atoms with Gasteiger partial charge in [0, 0.05) is 12.6 Å². The maximum absolute atomic E-state index is 11.2. The van der Waals surface area contributed by atoms with E-state index >= 15 is 0 Å². The second kappa shape index (κ2) is 21.7. The Hall–Kier alpha value is -0.350. The normalized spacial score (nSPS) is 10.5. The zero-order chi connectivity index (χ0) is 17.9. The molecule has 0 amide bonds. The minimum Gasteiger partial charge on any atom is -0.461 e. The third kappa shape index (κ3) is 19.8. The lowest BCUT2D eigenvalue weighted by Crippen LogP contribution is -2.30. The summed E-state index contributed by atoms with van der Waals surface area (Å²) in [5.41, 5.74) is 0. The molecule has 0 N–H and O–H groups in total. The van der Waals surface area contributed by atoms with E-state index in [1.54, 1.807) is 0 Å². The van der Waals surface area contributed by atoms with Crippen molar-refractivity contribution in [3.8, 4) is 0 Å². The Bertz CT molecular complexity index is 282. The van der Waals surface area contributed by atoms with Crippen molar-refractivity contribution in [2.24, 2.45) is 0 Å². The van der Waals surface area contributed by atoms with E-state index in [1.165, 1.54) is 83.1 Å². The van der Waals surface area contributed by atoms with Gasteiger partial charge < -0.3 is 4.74 Å². The Morgan fingerprint density at radius 3 is 1.68 bits per heavy atom. The molecule has 0 aromatic carbocycles. The number of nitrogens with zero attached hydrogens (tertiary/aromatic N) is 1. The average Bonchev–Trinajstić information content (AvgIpc) is 2.60. The van der Waals surface area contributed by atoms with E-state index in [0.29, 0.717) is 6.61 Å². The highest BCUT2D eigenvalue weighted by atomic mass is 79.9. The summed E-state index contributed by atoms with van der Waals surface area (Å²) in [7, 11) is 0. The van der Waals surface area contributed by atoms with Crippen LogP contribution in [0.3, 0.4) is 0 Å². The summed E-state index contributed by atoms with van der Waals surface area (Å²) in [6, 6.07) is 0. The van der Waals surface area contributed by atoms with Crippen LogP contribution in [-0.2, 0) is 9.53 Å². The molecule has 0 atom stereocenters. The molecule has 0 bridgehead atoms. The summed E-state index contributed by atoms with van der Waals surface area (Å²) in [4.78, 5) is 13.6. The second-order valence-electron chi connectivity index (χ2n) is 6.75. The van der Waals surface area contributed by atoms with Crippen molar-refractivity contribution in [2.75, 3.05) is 26.2 Å². The van der Waals surface area contributed by atoms with Gasteiger partial charge in [-0.15, -0.1) is 17.0 Å². The Kier molecular flexibility index (Phi) is 23.3. The van der Waals surface area contributed by atoms with Gasteiger partial charge in [0.1, 0.15) is 6.61 Å². The van der Waals surface area contributed by atoms with Crippen molar-refractivity contribution in [1.82, 2.24) is 4.90 Å². The lowest BCUT2D eigenvalue weighted by molar-refractivity contribution is -0.138. The summed E-state index contributed by atoms with van der Waals surface area (Å²) < 4.78 is 5.14. The first kappa shape index (κ1) is 26.9. The highest BCUT2D eigenvalue weighted by Crippen LogP contribution is 2.09. The maximum Gasteiger partial charge on any atom is 0.330 e. The molecule has 0 aromatic rings. The monoisotopic (exact) mass is 419 g/mol. The van der Waals surface area contributed by atoms with Crippen LogP contribution in [0.1, 0.15) is 90.9 Å². The van der Waals surface area contributed by atoms with Gasteiger partial charge in [-0.1, -0.05) is 84.6 Å². The molecule has 0 heterocycles. The predicted molar refractivity (Wildman–Crippen MR) is 115 cm³/mol. The summed E-state index contributed by atoms with van der Waals surface area (Å²) in [6.07, 6.45) is 17.2. The minimum absolute atomic E-state index is 0. The fraction of sp³-hybridized carbons (Fsp3) is 0.857. The van der Waals surface area contributed by atoms with Crippen LogP contribution in [0.25, 0.3) is 0 Å². The van der Waals surface area contributed by atoms with Crippen molar-refractivity contribution in [2.45, 2.75) is 90.9 Å². The van der Waals surface area contributed by atoms with Gasteiger partial charge in [-0.2, -0.15) is 0 Å². The molecule has 0 rings (SSSR count). The summed E-state index contributed by atoms with van der Waals surface area (Å²) in [6.45, 7) is 11.6. The number of hydrogen-bond donors (Lipinski definition) is 0. The Labute approximate surface area is 167 Å². The Balaban J connectivity index is 0. The molecule has 0 spiro atoms. The number of rotatable bonds is 18. The van der Waals surface area contributed by atoms with Gasteiger partial charge in [-0.05, 0) is 25.9 Å². The van der Waals surface area contributed by atoms with Gasteiger partial charge >= 0.3 is 5.97 Å². The van der Waals surface area contributed by atoms with Gasteiger partial charge in [0.25, 0.3) is 0 Å². The first-order valence-electron chi connectivity index (χ1n) is 10.3. The number of hydrogen-bond acceptors (Lipinski definition) is 3. The lowest BCUT2D eigenvalue weighted by Gasteiger charge is -2.22. The van der Waals surface area contributed by atoms with Crippen molar-refractivity contribution in [3.05, 3.63) is 12.7 Å². The van der Waals surface area contributed by atoms with E-state index in [2.05, 4.69) is 25.3 Å². The summed E-state index contributed by atoms with van der Waals surface area (Å²) in [5.74, 6) is -0.311. The smallest absolute Gasteiger partial charge is 0.330 e. The molecular formula is C21H42BrNO2. The third-order valence-corrected chi connectivity index (χ3v) is 4.47. The number of carbonyl (C=O) groups excluding carboxylic acids is 1. The van der Waals surface area contributed by atoms with Crippen LogP contribution in [0, 0.1) is 0 Å². The topological polar surface area (TPSA) is 29.5 Å². The second-order valence-corrected chi connectivity index (χ2v) is 6.75. The molecule has 4 heteroatoms. The minimum atomic E-state index is -0.311. The molecule has 0 aliphatic heterocycles. The molecule has 0 unspecified atom stereocenters. The lowest BCUT2D eigenvalue weighted by atomic mass is 10.1. The van der Waals surface area contributed by atoms with Gasteiger partial charge in [-0.3, -0.25) is 4.90 Å². The Morgan fingerprint density at radius 2 is 1.24 bits per heavy atom. The number of unbranched alkanes of at least 4 members (excludes halogenated alkanes) is 10. The fourth-order valence-corrected chi connectivity index (χ4v) is 2.90. The highest BCUT2D eigenvalue weighted by molar-refractivity contribution is 8.93.